The highest BCUT2D eigenvalue weighted by molar-refractivity contribution is 5.63. The lowest BCUT2D eigenvalue weighted by atomic mass is 9.48. The third-order valence-electron chi connectivity index (χ3n) is 8.79. The molecule has 5 atom stereocenters. The Morgan fingerprint density at radius 2 is 2.07 bits per heavy atom. The normalized spacial score (nSPS) is 39.2. The van der Waals surface area contributed by atoms with Crippen LogP contribution in [-0.4, -0.2) is 72.4 Å². The maximum atomic E-state index is 12.3. The second kappa shape index (κ2) is 6.83. The van der Waals surface area contributed by atoms with Gasteiger partial charge < -0.3 is 24.4 Å². The highest BCUT2D eigenvalue weighted by Gasteiger charge is 2.72. The Hall–Kier alpha value is -1.34. The van der Waals surface area contributed by atoms with Crippen molar-refractivity contribution in [2.75, 3.05) is 33.4 Å². The van der Waals surface area contributed by atoms with Crippen molar-refractivity contribution < 1.29 is 24.4 Å². The summed E-state index contributed by atoms with van der Waals surface area (Å²) in [7, 11) is 1.66. The van der Waals surface area contributed by atoms with Gasteiger partial charge in [-0.25, -0.2) is 0 Å². The number of piperidine rings is 1. The van der Waals surface area contributed by atoms with Gasteiger partial charge in [-0.1, -0.05) is 12.5 Å². The molecule has 1 aromatic carbocycles. The Morgan fingerprint density at radius 1 is 1.20 bits per heavy atom. The number of aliphatic hydroxyl groups is 2. The van der Waals surface area contributed by atoms with E-state index in [1.165, 1.54) is 24.8 Å². The Kier molecular flexibility index (Phi) is 4.40. The van der Waals surface area contributed by atoms with Gasteiger partial charge in [0.25, 0.3) is 0 Å². The maximum absolute atomic E-state index is 12.3. The molecule has 0 radical (unpaired) electrons. The fourth-order valence-electron chi connectivity index (χ4n) is 7.17. The van der Waals surface area contributed by atoms with Crippen molar-refractivity contribution in [3.63, 3.8) is 0 Å². The molecule has 0 unspecified atom stereocenters. The summed E-state index contributed by atoms with van der Waals surface area (Å²) in [6.07, 6.45) is 5.92. The van der Waals surface area contributed by atoms with Crippen LogP contribution in [0.4, 0.5) is 0 Å². The van der Waals surface area contributed by atoms with Crippen molar-refractivity contribution in [2.45, 2.75) is 74.2 Å². The van der Waals surface area contributed by atoms with Crippen LogP contribution in [-0.2, 0) is 16.6 Å². The molecule has 3 fully saturated rings. The molecule has 0 aromatic heterocycles. The third kappa shape index (κ3) is 2.39. The number of aliphatic hydroxyl groups excluding tert-OH is 1. The van der Waals surface area contributed by atoms with Crippen molar-refractivity contribution in [3.05, 3.63) is 23.3 Å². The van der Waals surface area contributed by atoms with Gasteiger partial charge in [0.05, 0.1) is 23.7 Å². The molecule has 164 valence electrons. The van der Waals surface area contributed by atoms with Crippen LogP contribution in [0.15, 0.2) is 12.1 Å². The predicted molar refractivity (Wildman–Crippen MR) is 111 cm³/mol. The second-order valence-corrected chi connectivity index (χ2v) is 10.1. The van der Waals surface area contributed by atoms with E-state index in [9.17, 15) is 10.2 Å². The smallest absolute Gasteiger partial charge is 0.166 e. The molecule has 2 N–H and O–H groups in total. The Labute approximate surface area is 178 Å². The zero-order valence-corrected chi connectivity index (χ0v) is 17.8. The van der Waals surface area contributed by atoms with E-state index in [-0.39, 0.29) is 6.04 Å². The molecule has 2 saturated carbocycles. The van der Waals surface area contributed by atoms with Crippen molar-refractivity contribution in [3.8, 4) is 11.5 Å². The minimum Gasteiger partial charge on any atom is -0.487 e. The van der Waals surface area contributed by atoms with E-state index >= 15 is 0 Å². The Morgan fingerprint density at radius 3 is 2.83 bits per heavy atom. The van der Waals surface area contributed by atoms with E-state index in [1.54, 1.807) is 7.11 Å². The van der Waals surface area contributed by atoms with Gasteiger partial charge in [-0.3, -0.25) is 4.90 Å². The van der Waals surface area contributed by atoms with Gasteiger partial charge in [0, 0.05) is 25.3 Å². The van der Waals surface area contributed by atoms with Crippen LogP contribution in [0.3, 0.4) is 0 Å². The van der Waals surface area contributed by atoms with Crippen LogP contribution >= 0.6 is 0 Å². The number of ether oxygens (including phenoxy) is 3. The summed E-state index contributed by atoms with van der Waals surface area (Å²) in [5.74, 6) is 2.24. The molecule has 2 heterocycles. The number of benzene rings is 1. The first-order valence-electron chi connectivity index (χ1n) is 11.7. The molecule has 2 bridgehead atoms. The van der Waals surface area contributed by atoms with Gasteiger partial charge in [0.2, 0.25) is 0 Å². The van der Waals surface area contributed by atoms with Crippen LogP contribution < -0.4 is 9.47 Å². The largest absolute Gasteiger partial charge is 0.487 e. The third-order valence-corrected chi connectivity index (χ3v) is 8.79. The minimum atomic E-state index is -0.859. The van der Waals surface area contributed by atoms with E-state index in [1.807, 2.05) is 6.07 Å². The first-order valence-corrected chi connectivity index (χ1v) is 11.7. The van der Waals surface area contributed by atoms with Gasteiger partial charge in [0.1, 0.15) is 12.7 Å². The first-order chi connectivity index (χ1) is 14.6. The molecule has 30 heavy (non-hydrogen) atoms. The van der Waals surface area contributed by atoms with Gasteiger partial charge in [0.15, 0.2) is 11.5 Å². The van der Waals surface area contributed by atoms with Crippen LogP contribution in [0.5, 0.6) is 11.5 Å². The molecule has 5 aliphatic rings. The van der Waals surface area contributed by atoms with Crippen LogP contribution in [0.1, 0.15) is 49.7 Å². The van der Waals surface area contributed by atoms with E-state index in [0.29, 0.717) is 31.8 Å². The molecule has 1 saturated heterocycles. The van der Waals surface area contributed by atoms with Gasteiger partial charge in [-0.05, 0) is 62.6 Å². The highest BCUT2D eigenvalue weighted by atomic mass is 16.6. The number of rotatable bonds is 6. The van der Waals surface area contributed by atoms with E-state index in [2.05, 4.69) is 11.0 Å². The maximum Gasteiger partial charge on any atom is 0.166 e. The summed E-state index contributed by atoms with van der Waals surface area (Å²) >= 11 is 0. The molecule has 2 aliphatic heterocycles. The van der Waals surface area contributed by atoms with Crippen LogP contribution in [0.2, 0.25) is 0 Å². The van der Waals surface area contributed by atoms with Crippen LogP contribution in [0, 0.1) is 5.92 Å². The Balaban J connectivity index is 1.44. The lowest BCUT2D eigenvalue weighted by Crippen LogP contribution is -2.77. The number of hydrogen-bond acceptors (Lipinski definition) is 6. The summed E-state index contributed by atoms with van der Waals surface area (Å²) < 4.78 is 17.6. The monoisotopic (exact) mass is 415 g/mol. The van der Waals surface area contributed by atoms with Gasteiger partial charge >= 0.3 is 0 Å². The molecule has 0 amide bonds. The summed E-state index contributed by atoms with van der Waals surface area (Å²) in [5.41, 5.74) is 0.981. The molecule has 6 nitrogen and oxygen atoms in total. The number of methoxy groups -OCH3 is 1. The topological polar surface area (TPSA) is 71.4 Å². The molecule has 6 rings (SSSR count). The fourth-order valence-corrected chi connectivity index (χ4v) is 7.17. The molecular weight excluding hydrogens is 382 g/mol. The number of nitrogens with zero attached hydrogens (tertiary/aromatic N) is 1. The Bertz CT molecular complexity index is 841. The zero-order valence-electron chi connectivity index (χ0n) is 17.8. The standard InChI is InChI=1S/C24H33NO5/c1-28-11-12-29-18-6-5-16-13-19-24(27)8-7-17(26)22-23(24,20(16)21(18)30-22)9-10-25(19)14-15-3-2-4-15/h5-6,15,17,19,22,26-27H,2-4,7-14H2,1H3/t17-,19+,22-,23-,24+/m0/s1. The molecule has 1 spiro atoms. The molecular formula is C24H33NO5. The SMILES string of the molecule is COCCOc1ccc2c3c1O[C@H]1[C@@H](O)CC[C@@]4(O)[C@@H](C2)N(CC2CCC2)CC[C@]314. The van der Waals surface area contributed by atoms with Gasteiger partial charge in [-0.15, -0.1) is 0 Å². The summed E-state index contributed by atoms with van der Waals surface area (Å²) in [4.78, 5) is 2.56. The van der Waals surface area contributed by atoms with Crippen molar-refractivity contribution >= 4 is 0 Å². The van der Waals surface area contributed by atoms with E-state index < -0.39 is 23.2 Å². The summed E-state index contributed by atoms with van der Waals surface area (Å²) in [6.45, 7) is 3.02. The number of hydrogen-bond donors (Lipinski definition) is 2. The zero-order chi connectivity index (χ0) is 20.5. The summed E-state index contributed by atoms with van der Waals surface area (Å²) in [5, 5.41) is 23.3. The van der Waals surface area contributed by atoms with E-state index in [4.69, 9.17) is 14.2 Å². The van der Waals surface area contributed by atoms with E-state index in [0.717, 1.165) is 43.2 Å². The average Bonchev–Trinajstić information content (AvgIpc) is 3.06. The predicted octanol–water partition coefficient (Wildman–Crippen LogP) is 2.03. The second-order valence-electron chi connectivity index (χ2n) is 10.1. The average molecular weight is 416 g/mol. The van der Waals surface area contributed by atoms with Crippen molar-refractivity contribution in [2.24, 2.45) is 5.92 Å². The molecule has 3 aliphatic carbocycles. The lowest BCUT2D eigenvalue weighted by molar-refractivity contribution is -0.209. The fraction of sp³-hybridized carbons (Fsp3) is 0.750. The highest BCUT2D eigenvalue weighted by Crippen LogP contribution is 2.65. The quantitative estimate of drug-likeness (QED) is 0.693. The molecule has 6 heteroatoms. The minimum absolute atomic E-state index is 0.101. The lowest BCUT2D eigenvalue weighted by Gasteiger charge is -2.64. The number of likely N-dealkylation sites (tertiary alicyclic amines) is 1. The van der Waals surface area contributed by atoms with Gasteiger partial charge in [-0.2, -0.15) is 0 Å². The molecule has 1 aromatic rings. The first kappa shape index (κ1) is 19.4. The summed E-state index contributed by atoms with van der Waals surface area (Å²) in [6, 6.07) is 4.26. The van der Waals surface area contributed by atoms with Crippen LogP contribution in [0.25, 0.3) is 0 Å². The van der Waals surface area contributed by atoms with Crippen molar-refractivity contribution in [1.82, 2.24) is 4.90 Å². The van der Waals surface area contributed by atoms with Crippen molar-refractivity contribution in [1.29, 1.82) is 0 Å².